The Labute approximate surface area is 113 Å². The minimum Gasteiger partial charge on any atom is -0.325 e. The zero-order valence-electron chi connectivity index (χ0n) is 10.3. The highest BCUT2D eigenvalue weighted by Gasteiger charge is 2.20. The number of carbonyl (C=O) groups is 1. The number of carbonyl (C=O) groups excluding carboxylic acids is 1. The Morgan fingerprint density at radius 2 is 2.22 bits per heavy atom. The van der Waals surface area contributed by atoms with Gasteiger partial charge in [0.1, 0.15) is 5.82 Å². The first kappa shape index (κ1) is 14.9. The fourth-order valence-corrected chi connectivity index (χ4v) is 1.98. The lowest BCUT2D eigenvalue weighted by atomic mass is 10.0. The lowest BCUT2D eigenvalue weighted by Gasteiger charge is -2.22. The van der Waals surface area contributed by atoms with Gasteiger partial charge in [-0.15, -0.1) is 12.4 Å². The van der Waals surface area contributed by atoms with Crippen molar-refractivity contribution < 1.29 is 9.18 Å². The highest BCUT2D eigenvalue weighted by molar-refractivity contribution is 5.94. The van der Waals surface area contributed by atoms with Crippen LogP contribution in [0.3, 0.4) is 0 Å². The number of hydrogen-bond donors (Lipinski definition) is 2. The van der Waals surface area contributed by atoms with Crippen LogP contribution in [0.2, 0.25) is 0 Å². The molecule has 5 heteroatoms. The number of amides is 1. The van der Waals surface area contributed by atoms with E-state index in [1.54, 1.807) is 19.1 Å². The van der Waals surface area contributed by atoms with Gasteiger partial charge in [-0.2, -0.15) is 0 Å². The van der Waals surface area contributed by atoms with Crippen molar-refractivity contribution >= 4 is 24.0 Å². The van der Waals surface area contributed by atoms with Crippen molar-refractivity contribution in [1.82, 2.24) is 5.32 Å². The van der Waals surface area contributed by atoms with Crippen LogP contribution in [0, 0.1) is 12.7 Å². The fourth-order valence-electron chi connectivity index (χ4n) is 1.98. The average Bonchev–Trinajstić information content (AvgIpc) is 2.35. The maximum atomic E-state index is 13.3. The Kier molecular flexibility index (Phi) is 5.56. The van der Waals surface area contributed by atoms with E-state index < -0.39 is 0 Å². The van der Waals surface area contributed by atoms with Gasteiger partial charge in [-0.05, 0) is 44.0 Å². The Bertz CT molecular complexity index is 419. The van der Waals surface area contributed by atoms with Gasteiger partial charge in [0.25, 0.3) is 0 Å². The monoisotopic (exact) mass is 272 g/mol. The van der Waals surface area contributed by atoms with Crippen LogP contribution in [0.4, 0.5) is 10.1 Å². The van der Waals surface area contributed by atoms with Gasteiger partial charge < -0.3 is 10.6 Å². The van der Waals surface area contributed by atoms with Gasteiger partial charge in [0.15, 0.2) is 0 Å². The van der Waals surface area contributed by atoms with Crippen LogP contribution in [-0.4, -0.2) is 18.5 Å². The van der Waals surface area contributed by atoms with Crippen LogP contribution in [0.25, 0.3) is 0 Å². The van der Waals surface area contributed by atoms with Gasteiger partial charge in [-0.1, -0.05) is 12.5 Å². The zero-order chi connectivity index (χ0) is 12.3. The molecule has 1 fully saturated rings. The number of piperidine rings is 1. The molecular weight excluding hydrogens is 255 g/mol. The van der Waals surface area contributed by atoms with Gasteiger partial charge >= 0.3 is 0 Å². The molecule has 0 unspecified atom stereocenters. The van der Waals surface area contributed by atoms with E-state index in [-0.39, 0.29) is 30.2 Å². The number of nitrogens with one attached hydrogen (secondary N) is 2. The summed E-state index contributed by atoms with van der Waals surface area (Å²) in [6.45, 7) is 2.57. The van der Waals surface area contributed by atoms with E-state index >= 15 is 0 Å². The molecule has 100 valence electrons. The molecule has 2 rings (SSSR count). The lowest BCUT2D eigenvalue weighted by Crippen LogP contribution is -2.43. The molecule has 18 heavy (non-hydrogen) atoms. The number of halogens is 2. The third-order valence-electron chi connectivity index (χ3n) is 3.07. The Morgan fingerprint density at radius 1 is 1.44 bits per heavy atom. The minimum atomic E-state index is -0.292. The van der Waals surface area contributed by atoms with Gasteiger partial charge in [0, 0.05) is 5.69 Å². The molecule has 1 aliphatic rings. The van der Waals surface area contributed by atoms with Crippen LogP contribution in [0.15, 0.2) is 18.2 Å². The summed E-state index contributed by atoms with van der Waals surface area (Å²) in [5.74, 6) is -0.368. The molecule has 1 aromatic rings. The van der Waals surface area contributed by atoms with E-state index in [1.165, 1.54) is 6.07 Å². The average molecular weight is 273 g/mol. The second kappa shape index (κ2) is 6.71. The molecule has 1 atom stereocenters. The summed E-state index contributed by atoms with van der Waals surface area (Å²) >= 11 is 0. The number of anilines is 1. The van der Waals surface area contributed by atoms with E-state index in [0.717, 1.165) is 25.8 Å². The molecule has 1 amide bonds. The maximum Gasteiger partial charge on any atom is 0.241 e. The third-order valence-corrected chi connectivity index (χ3v) is 3.07. The molecule has 0 saturated carbocycles. The molecule has 3 nitrogen and oxygen atoms in total. The maximum absolute atomic E-state index is 13.3. The summed E-state index contributed by atoms with van der Waals surface area (Å²) in [7, 11) is 0. The third kappa shape index (κ3) is 3.68. The summed E-state index contributed by atoms with van der Waals surface area (Å²) < 4.78 is 13.3. The molecule has 0 radical (unpaired) electrons. The Balaban J connectivity index is 0.00000162. The summed E-state index contributed by atoms with van der Waals surface area (Å²) in [6, 6.07) is 4.60. The number of aryl methyl sites for hydroxylation is 1. The molecule has 0 aromatic heterocycles. The smallest absolute Gasteiger partial charge is 0.241 e. The van der Waals surface area contributed by atoms with Crippen molar-refractivity contribution in [1.29, 1.82) is 0 Å². The van der Waals surface area contributed by atoms with Crippen molar-refractivity contribution in [3.8, 4) is 0 Å². The van der Waals surface area contributed by atoms with Gasteiger partial charge in [0.05, 0.1) is 6.04 Å². The number of benzene rings is 1. The van der Waals surface area contributed by atoms with Crippen LogP contribution < -0.4 is 10.6 Å². The molecule has 1 aromatic carbocycles. The molecule has 1 heterocycles. The first-order valence-corrected chi connectivity index (χ1v) is 5.97. The molecular formula is C13H18ClFN2O. The van der Waals surface area contributed by atoms with Crippen molar-refractivity contribution in [2.75, 3.05) is 11.9 Å². The zero-order valence-corrected chi connectivity index (χ0v) is 11.1. The highest BCUT2D eigenvalue weighted by Crippen LogP contribution is 2.15. The molecule has 0 bridgehead atoms. The largest absolute Gasteiger partial charge is 0.325 e. The van der Waals surface area contributed by atoms with E-state index in [0.29, 0.717) is 11.3 Å². The van der Waals surface area contributed by atoms with Gasteiger partial charge in [-0.3, -0.25) is 4.79 Å². The van der Waals surface area contributed by atoms with E-state index in [2.05, 4.69) is 10.6 Å². The quantitative estimate of drug-likeness (QED) is 0.869. The van der Waals surface area contributed by atoms with Crippen molar-refractivity contribution in [2.45, 2.75) is 32.2 Å². The number of hydrogen-bond acceptors (Lipinski definition) is 2. The predicted octanol–water partition coefficient (Wildman–Crippen LogP) is 2.64. The lowest BCUT2D eigenvalue weighted by molar-refractivity contribution is -0.118. The predicted molar refractivity (Wildman–Crippen MR) is 72.7 cm³/mol. The van der Waals surface area contributed by atoms with Crippen LogP contribution >= 0.6 is 12.4 Å². The molecule has 2 N–H and O–H groups in total. The van der Waals surface area contributed by atoms with E-state index in [9.17, 15) is 9.18 Å². The SMILES string of the molecule is Cc1ccc(NC(=O)[C@@H]2CCCCN2)cc1F.Cl. The van der Waals surface area contributed by atoms with Crippen molar-refractivity contribution in [3.63, 3.8) is 0 Å². The van der Waals surface area contributed by atoms with Crippen molar-refractivity contribution in [2.24, 2.45) is 0 Å². The second-order valence-corrected chi connectivity index (χ2v) is 4.46. The number of rotatable bonds is 2. The van der Waals surface area contributed by atoms with Crippen LogP contribution in [0.5, 0.6) is 0 Å². The van der Waals surface area contributed by atoms with E-state index in [1.807, 2.05) is 0 Å². The molecule has 0 spiro atoms. The molecule has 0 aliphatic carbocycles. The highest BCUT2D eigenvalue weighted by atomic mass is 35.5. The van der Waals surface area contributed by atoms with Gasteiger partial charge in [-0.25, -0.2) is 4.39 Å². The van der Waals surface area contributed by atoms with Crippen LogP contribution in [-0.2, 0) is 4.79 Å². The Hall–Kier alpha value is -1.13. The summed E-state index contributed by atoms with van der Waals surface area (Å²) in [5, 5.41) is 5.90. The van der Waals surface area contributed by atoms with Crippen LogP contribution in [0.1, 0.15) is 24.8 Å². The standard InChI is InChI=1S/C13H17FN2O.ClH/c1-9-5-6-10(8-11(9)14)16-13(17)12-4-2-3-7-15-12;/h5-6,8,12,15H,2-4,7H2,1H3,(H,16,17);1H/t12-;/m0./s1. The Morgan fingerprint density at radius 3 is 2.83 bits per heavy atom. The normalized spacial score (nSPS) is 18.9. The summed E-state index contributed by atoms with van der Waals surface area (Å²) in [5.41, 5.74) is 1.10. The summed E-state index contributed by atoms with van der Waals surface area (Å²) in [4.78, 5) is 11.9. The second-order valence-electron chi connectivity index (χ2n) is 4.46. The first-order chi connectivity index (χ1) is 8.16. The topological polar surface area (TPSA) is 41.1 Å². The summed E-state index contributed by atoms with van der Waals surface area (Å²) in [6.07, 6.45) is 3.02. The molecule has 1 saturated heterocycles. The fraction of sp³-hybridized carbons (Fsp3) is 0.462. The minimum absolute atomic E-state index is 0. The first-order valence-electron chi connectivity index (χ1n) is 5.97. The van der Waals surface area contributed by atoms with Gasteiger partial charge in [0.2, 0.25) is 5.91 Å². The van der Waals surface area contributed by atoms with Crippen molar-refractivity contribution in [3.05, 3.63) is 29.6 Å². The molecule has 1 aliphatic heterocycles. The van der Waals surface area contributed by atoms with E-state index in [4.69, 9.17) is 0 Å².